The number of hydrogen-bond acceptors (Lipinski definition) is 1. The third-order valence-electron chi connectivity index (χ3n) is 2.70. The largest absolute Gasteiger partial charge is 0.497 e. The zero-order valence-electron chi connectivity index (χ0n) is 10.2. The fraction of sp³-hybridized carbons (Fsp3) is 0.538. The third kappa shape index (κ3) is 3.11. The summed E-state index contributed by atoms with van der Waals surface area (Å²) in [6.45, 7) is 5.91. The molecule has 0 spiro atoms. The first-order valence-corrected chi connectivity index (χ1v) is 5.78. The molecule has 1 aromatic rings. The van der Waals surface area contributed by atoms with E-state index >= 15 is 0 Å². The third-order valence-corrected chi connectivity index (χ3v) is 2.85. The topological polar surface area (TPSA) is 9.23 Å². The van der Waals surface area contributed by atoms with Crippen molar-refractivity contribution in [3.05, 3.63) is 29.6 Å². The number of methoxy groups -OCH3 is 1. The predicted molar refractivity (Wildman–Crippen MR) is 65.9 cm³/mol. The van der Waals surface area contributed by atoms with Crippen LogP contribution in [-0.2, 0) is 5.41 Å². The van der Waals surface area contributed by atoms with E-state index in [1.54, 1.807) is 12.1 Å². The van der Waals surface area contributed by atoms with Crippen LogP contribution < -0.4 is 4.74 Å². The molecule has 3 heteroatoms. The number of alkyl halides is 1. The van der Waals surface area contributed by atoms with Crippen LogP contribution in [0.4, 0.5) is 4.39 Å². The van der Waals surface area contributed by atoms with Gasteiger partial charge in [-0.15, -0.1) is 11.6 Å². The maximum Gasteiger partial charge on any atom is 0.130 e. The van der Waals surface area contributed by atoms with Gasteiger partial charge in [-0.3, -0.25) is 0 Å². The summed E-state index contributed by atoms with van der Waals surface area (Å²) in [7, 11) is 1.53. The monoisotopic (exact) mass is 244 g/mol. The minimum Gasteiger partial charge on any atom is -0.497 e. The Kier molecular flexibility index (Phi) is 4.20. The first kappa shape index (κ1) is 13.3. The van der Waals surface area contributed by atoms with Crippen LogP contribution in [0.25, 0.3) is 0 Å². The molecule has 0 aliphatic heterocycles. The highest BCUT2D eigenvalue weighted by Gasteiger charge is 2.25. The van der Waals surface area contributed by atoms with Gasteiger partial charge in [0.05, 0.1) is 7.11 Å². The van der Waals surface area contributed by atoms with Gasteiger partial charge >= 0.3 is 0 Å². The van der Waals surface area contributed by atoms with Gasteiger partial charge in [0.15, 0.2) is 0 Å². The Morgan fingerprint density at radius 2 is 2.06 bits per heavy atom. The van der Waals surface area contributed by atoms with Gasteiger partial charge in [0, 0.05) is 11.4 Å². The van der Waals surface area contributed by atoms with E-state index in [1.807, 2.05) is 20.8 Å². The van der Waals surface area contributed by atoms with E-state index in [-0.39, 0.29) is 16.6 Å². The van der Waals surface area contributed by atoms with E-state index in [0.29, 0.717) is 11.3 Å². The van der Waals surface area contributed by atoms with Crippen molar-refractivity contribution in [3.63, 3.8) is 0 Å². The van der Waals surface area contributed by atoms with Crippen molar-refractivity contribution in [2.24, 2.45) is 0 Å². The molecule has 1 aromatic carbocycles. The molecule has 1 nitrogen and oxygen atoms in total. The summed E-state index contributed by atoms with van der Waals surface area (Å²) in [5, 5.41) is 0.0245. The zero-order chi connectivity index (χ0) is 12.3. The quantitative estimate of drug-likeness (QED) is 0.724. The van der Waals surface area contributed by atoms with E-state index in [9.17, 15) is 4.39 Å². The summed E-state index contributed by atoms with van der Waals surface area (Å²) in [6, 6.07) is 4.96. The molecule has 0 aliphatic carbocycles. The van der Waals surface area contributed by atoms with E-state index in [1.165, 1.54) is 13.2 Å². The summed E-state index contributed by atoms with van der Waals surface area (Å²) in [5.41, 5.74) is 0.415. The standard InChI is InChI=1S/C13H18ClFO/c1-9(14)8-13(2,3)11-6-5-10(16-4)7-12(11)15/h5-7,9H,8H2,1-4H3. The average Bonchev–Trinajstić information content (AvgIpc) is 2.14. The van der Waals surface area contributed by atoms with Crippen LogP contribution in [0.2, 0.25) is 0 Å². The van der Waals surface area contributed by atoms with E-state index in [2.05, 4.69) is 0 Å². The normalized spacial score (nSPS) is 13.6. The lowest BCUT2D eigenvalue weighted by Gasteiger charge is -2.27. The van der Waals surface area contributed by atoms with Gasteiger partial charge in [0.1, 0.15) is 11.6 Å². The minimum absolute atomic E-state index is 0.0245. The van der Waals surface area contributed by atoms with Crippen molar-refractivity contribution < 1.29 is 9.13 Å². The molecular formula is C13H18ClFO. The van der Waals surface area contributed by atoms with Crippen molar-refractivity contribution in [1.29, 1.82) is 0 Å². The molecule has 0 radical (unpaired) electrons. The van der Waals surface area contributed by atoms with Crippen LogP contribution in [0.1, 0.15) is 32.8 Å². The Labute approximate surface area is 102 Å². The van der Waals surface area contributed by atoms with Crippen molar-refractivity contribution in [1.82, 2.24) is 0 Å². The van der Waals surface area contributed by atoms with Gasteiger partial charge in [-0.25, -0.2) is 4.39 Å². The zero-order valence-corrected chi connectivity index (χ0v) is 10.9. The van der Waals surface area contributed by atoms with Crippen molar-refractivity contribution in [2.75, 3.05) is 7.11 Å². The van der Waals surface area contributed by atoms with Crippen molar-refractivity contribution >= 4 is 11.6 Å². The maximum absolute atomic E-state index is 13.9. The molecule has 0 saturated heterocycles. The number of hydrogen-bond donors (Lipinski definition) is 0. The fourth-order valence-corrected chi connectivity index (χ4v) is 2.37. The summed E-state index contributed by atoms with van der Waals surface area (Å²) in [4.78, 5) is 0. The summed E-state index contributed by atoms with van der Waals surface area (Å²) < 4.78 is 18.8. The lowest BCUT2D eigenvalue weighted by atomic mass is 9.80. The Balaban J connectivity index is 3.03. The second-order valence-electron chi connectivity index (χ2n) is 4.71. The van der Waals surface area contributed by atoms with Crippen LogP contribution >= 0.6 is 11.6 Å². The maximum atomic E-state index is 13.9. The molecular weight excluding hydrogens is 227 g/mol. The lowest BCUT2D eigenvalue weighted by Crippen LogP contribution is -2.22. The lowest BCUT2D eigenvalue weighted by molar-refractivity contribution is 0.405. The Bertz CT molecular complexity index is 361. The molecule has 0 amide bonds. The average molecular weight is 245 g/mol. The molecule has 90 valence electrons. The Morgan fingerprint density at radius 1 is 1.44 bits per heavy atom. The van der Waals surface area contributed by atoms with Crippen LogP contribution in [0.15, 0.2) is 18.2 Å². The number of ether oxygens (including phenoxy) is 1. The highest BCUT2D eigenvalue weighted by Crippen LogP contribution is 2.33. The van der Waals surface area contributed by atoms with Gasteiger partial charge in [-0.2, -0.15) is 0 Å². The molecule has 0 N–H and O–H groups in total. The molecule has 0 saturated carbocycles. The van der Waals surface area contributed by atoms with Crippen molar-refractivity contribution in [3.8, 4) is 5.75 Å². The first-order valence-electron chi connectivity index (χ1n) is 5.35. The molecule has 0 aliphatic rings. The molecule has 16 heavy (non-hydrogen) atoms. The SMILES string of the molecule is COc1ccc(C(C)(C)CC(C)Cl)c(F)c1. The van der Waals surface area contributed by atoms with Gasteiger partial charge < -0.3 is 4.74 Å². The van der Waals surface area contributed by atoms with Crippen LogP contribution in [0, 0.1) is 5.82 Å². The van der Waals surface area contributed by atoms with Crippen LogP contribution in [0.5, 0.6) is 5.75 Å². The minimum atomic E-state index is -0.266. The van der Waals surface area contributed by atoms with E-state index in [4.69, 9.17) is 16.3 Å². The van der Waals surface area contributed by atoms with Gasteiger partial charge in [-0.05, 0) is 30.4 Å². The number of benzene rings is 1. The molecule has 0 fully saturated rings. The molecule has 0 aromatic heterocycles. The highest BCUT2D eigenvalue weighted by molar-refractivity contribution is 6.20. The highest BCUT2D eigenvalue weighted by atomic mass is 35.5. The second-order valence-corrected chi connectivity index (χ2v) is 5.46. The fourth-order valence-electron chi connectivity index (χ4n) is 1.98. The Hall–Kier alpha value is -0.760. The van der Waals surface area contributed by atoms with Gasteiger partial charge in [0.25, 0.3) is 0 Å². The van der Waals surface area contributed by atoms with E-state index in [0.717, 1.165) is 6.42 Å². The smallest absolute Gasteiger partial charge is 0.130 e. The summed E-state index contributed by atoms with van der Waals surface area (Å²) >= 11 is 5.98. The molecule has 1 rings (SSSR count). The number of rotatable bonds is 4. The van der Waals surface area contributed by atoms with Gasteiger partial charge in [-0.1, -0.05) is 19.9 Å². The first-order chi connectivity index (χ1) is 7.36. The van der Waals surface area contributed by atoms with Crippen molar-refractivity contribution in [2.45, 2.75) is 38.0 Å². The molecule has 0 bridgehead atoms. The predicted octanol–water partition coefficient (Wildman–Crippen LogP) is 4.13. The molecule has 0 heterocycles. The second kappa shape index (κ2) is 5.05. The van der Waals surface area contributed by atoms with E-state index < -0.39 is 0 Å². The Morgan fingerprint density at radius 3 is 2.50 bits per heavy atom. The van der Waals surface area contributed by atoms with Crippen LogP contribution in [0.3, 0.4) is 0 Å². The molecule has 1 unspecified atom stereocenters. The van der Waals surface area contributed by atoms with Gasteiger partial charge in [0.2, 0.25) is 0 Å². The van der Waals surface area contributed by atoms with Crippen LogP contribution in [-0.4, -0.2) is 12.5 Å². The molecule has 1 atom stereocenters. The summed E-state index contributed by atoms with van der Waals surface area (Å²) in [6.07, 6.45) is 0.734. The number of halogens is 2. The summed E-state index contributed by atoms with van der Waals surface area (Å²) in [5.74, 6) is 0.303.